The van der Waals surface area contributed by atoms with E-state index in [2.05, 4.69) is 22.1 Å². The molecule has 0 heterocycles. The second-order valence-corrected chi connectivity index (χ2v) is 8.49. The largest absolute Gasteiger partial charge is 0.392 e. The van der Waals surface area contributed by atoms with E-state index in [4.69, 9.17) is 0 Å². The first-order chi connectivity index (χ1) is 11.0. The Bertz CT molecular complexity index is 783. The van der Waals surface area contributed by atoms with Crippen molar-refractivity contribution in [3.05, 3.63) is 42.0 Å². The highest BCUT2D eigenvalue weighted by atomic mass is 32.2. The Labute approximate surface area is 136 Å². The second kappa shape index (κ2) is 5.18. The molecule has 0 saturated heterocycles. The SMILES string of the molecule is Cc1ccc(S(=O)(=O)N/N=C2\C[C@@H]3C=C[C@@H]4C[C@H](O)[C@H]2[C@@H]43)cc1. The average molecular weight is 332 g/mol. The van der Waals surface area contributed by atoms with Gasteiger partial charge in [-0.2, -0.15) is 13.5 Å². The van der Waals surface area contributed by atoms with E-state index in [1.54, 1.807) is 24.3 Å². The Morgan fingerprint density at radius 3 is 2.61 bits per heavy atom. The number of hydrazone groups is 1. The molecule has 0 aromatic heterocycles. The molecule has 23 heavy (non-hydrogen) atoms. The van der Waals surface area contributed by atoms with E-state index in [0.717, 1.165) is 24.1 Å². The van der Waals surface area contributed by atoms with E-state index in [9.17, 15) is 13.5 Å². The number of hydrogen-bond acceptors (Lipinski definition) is 4. The minimum absolute atomic E-state index is 0.0132. The van der Waals surface area contributed by atoms with Gasteiger partial charge in [-0.05, 0) is 49.7 Å². The Morgan fingerprint density at radius 2 is 1.87 bits per heavy atom. The predicted molar refractivity (Wildman–Crippen MR) is 87.3 cm³/mol. The Morgan fingerprint density at radius 1 is 1.17 bits per heavy atom. The van der Waals surface area contributed by atoms with Crippen molar-refractivity contribution in [3.63, 3.8) is 0 Å². The fraction of sp³-hybridized carbons (Fsp3) is 0.471. The zero-order chi connectivity index (χ0) is 16.2. The summed E-state index contributed by atoms with van der Waals surface area (Å²) in [6, 6.07) is 6.67. The van der Waals surface area contributed by atoms with Gasteiger partial charge in [0.05, 0.1) is 11.0 Å². The molecule has 5 atom stereocenters. The zero-order valence-corrected chi connectivity index (χ0v) is 13.7. The summed E-state index contributed by atoms with van der Waals surface area (Å²) in [6.07, 6.45) is 5.47. The van der Waals surface area contributed by atoms with Gasteiger partial charge in [-0.1, -0.05) is 29.8 Å². The third-order valence-corrected chi connectivity index (χ3v) is 6.63. The molecule has 0 unspecified atom stereocenters. The molecule has 0 bridgehead atoms. The molecule has 0 spiro atoms. The first-order valence-electron chi connectivity index (χ1n) is 7.97. The van der Waals surface area contributed by atoms with E-state index in [1.807, 2.05) is 6.92 Å². The molecule has 3 aliphatic rings. The van der Waals surface area contributed by atoms with E-state index in [-0.39, 0.29) is 10.8 Å². The summed E-state index contributed by atoms with van der Waals surface area (Å²) in [5, 5.41) is 14.5. The van der Waals surface area contributed by atoms with Crippen molar-refractivity contribution >= 4 is 15.7 Å². The summed E-state index contributed by atoms with van der Waals surface area (Å²) in [5.74, 6) is 1.19. The summed E-state index contributed by atoms with van der Waals surface area (Å²) in [7, 11) is -3.66. The summed E-state index contributed by atoms with van der Waals surface area (Å²) in [4.78, 5) is 2.56. The van der Waals surface area contributed by atoms with Gasteiger partial charge in [-0.15, -0.1) is 0 Å². The summed E-state index contributed by atoms with van der Waals surface area (Å²) in [5.41, 5.74) is 1.79. The van der Waals surface area contributed by atoms with E-state index in [1.165, 1.54) is 0 Å². The van der Waals surface area contributed by atoms with Crippen LogP contribution in [0.25, 0.3) is 0 Å². The number of aliphatic hydroxyl groups is 1. The van der Waals surface area contributed by atoms with Crippen molar-refractivity contribution in [1.29, 1.82) is 0 Å². The molecule has 2 N–H and O–H groups in total. The fourth-order valence-electron chi connectivity index (χ4n) is 4.34. The van der Waals surface area contributed by atoms with Gasteiger partial charge in [0.1, 0.15) is 0 Å². The summed E-state index contributed by atoms with van der Waals surface area (Å²) in [6.45, 7) is 1.91. The lowest BCUT2D eigenvalue weighted by Gasteiger charge is -2.15. The third kappa shape index (κ3) is 2.40. The van der Waals surface area contributed by atoms with Crippen molar-refractivity contribution in [2.24, 2.45) is 28.8 Å². The number of sulfonamides is 1. The molecule has 0 radical (unpaired) electrons. The van der Waals surface area contributed by atoms with Gasteiger partial charge in [0.15, 0.2) is 0 Å². The van der Waals surface area contributed by atoms with Crippen LogP contribution in [0.4, 0.5) is 0 Å². The third-order valence-electron chi connectivity index (χ3n) is 5.41. The van der Waals surface area contributed by atoms with Crippen LogP contribution in [0.1, 0.15) is 18.4 Å². The standard InChI is InChI=1S/C17H20N2O3S/c1-10-2-6-13(7-3-10)23(21,22)19-18-14-8-11-4-5-12-9-15(20)17(14)16(11)12/h2-7,11-12,15-17,19-20H,8-9H2,1H3/b18-14+/t11-,12+,15-,16+,17-/m0/s1. The highest BCUT2D eigenvalue weighted by molar-refractivity contribution is 7.89. The van der Waals surface area contributed by atoms with Crippen molar-refractivity contribution in [2.45, 2.75) is 30.8 Å². The number of allylic oxidation sites excluding steroid dienone is 2. The van der Waals surface area contributed by atoms with Gasteiger partial charge in [0, 0.05) is 11.6 Å². The van der Waals surface area contributed by atoms with Crippen LogP contribution < -0.4 is 4.83 Å². The van der Waals surface area contributed by atoms with Gasteiger partial charge in [-0.25, -0.2) is 4.83 Å². The van der Waals surface area contributed by atoms with Gasteiger partial charge in [0.25, 0.3) is 10.0 Å². The highest BCUT2D eigenvalue weighted by Gasteiger charge is 2.54. The molecule has 2 fully saturated rings. The van der Waals surface area contributed by atoms with E-state index < -0.39 is 16.1 Å². The maximum atomic E-state index is 12.3. The van der Waals surface area contributed by atoms with Gasteiger partial charge < -0.3 is 5.11 Å². The second-order valence-electron chi connectivity index (χ2n) is 6.83. The van der Waals surface area contributed by atoms with Crippen LogP contribution in [0.2, 0.25) is 0 Å². The van der Waals surface area contributed by atoms with Crippen LogP contribution in [0.5, 0.6) is 0 Å². The average Bonchev–Trinajstić information content (AvgIpc) is 3.14. The van der Waals surface area contributed by atoms with E-state index in [0.29, 0.717) is 17.8 Å². The van der Waals surface area contributed by atoms with E-state index >= 15 is 0 Å². The smallest absolute Gasteiger partial charge is 0.276 e. The molecule has 122 valence electrons. The topological polar surface area (TPSA) is 78.8 Å². The first kappa shape index (κ1) is 14.9. The van der Waals surface area contributed by atoms with Crippen LogP contribution in [-0.4, -0.2) is 25.3 Å². The summed E-state index contributed by atoms with van der Waals surface area (Å²) < 4.78 is 24.7. The van der Waals surface area contributed by atoms with Crippen LogP contribution in [-0.2, 0) is 10.0 Å². The lowest BCUT2D eigenvalue weighted by atomic mass is 9.91. The molecular weight excluding hydrogens is 312 g/mol. The minimum Gasteiger partial charge on any atom is -0.392 e. The Kier molecular flexibility index (Phi) is 3.35. The predicted octanol–water partition coefficient (Wildman–Crippen LogP) is 1.83. The molecule has 1 aromatic rings. The van der Waals surface area contributed by atoms with Gasteiger partial charge >= 0.3 is 0 Å². The maximum Gasteiger partial charge on any atom is 0.276 e. The normalized spacial score (nSPS) is 36.6. The minimum atomic E-state index is -3.66. The monoisotopic (exact) mass is 332 g/mol. The highest BCUT2D eigenvalue weighted by Crippen LogP contribution is 2.53. The quantitative estimate of drug-likeness (QED) is 0.655. The first-order valence-corrected chi connectivity index (χ1v) is 9.45. The molecule has 0 aliphatic heterocycles. The fourth-order valence-corrected chi connectivity index (χ4v) is 5.18. The number of benzene rings is 1. The zero-order valence-electron chi connectivity index (χ0n) is 12.9. The van der Waals surface area contributed by atoms with Crippen molar-refractivity contribution < 1.29 is 13.5 Å². The number of nitrogens with one attached hydrogen (secondary N) is 1. The van der Waals surface area contributed by atoms with Crippen molar-refractivity contribution in [1.82, 2.24) is 4.83 Å². The molecule has 1 aromatic carbocycles. The molecule has 2 saturated carbocycles. The number of nitrogens with zero attached hydrogens (tertiary/aromatic N) is 1. The Hall–Kier alpha value is -1.66. The van der Waals surface area contributed by atoms with Crippen LogP contribution >= 0.6 is 0 Å². The van der Waals surface area contributed by atoms with Crippen LogP contribution in [0.3, 0.4) is 0 Å². The number of rotatable bonds is 3. The lowest BCUT2D eigenvalue weighted by Crippen LogP contribution is -2.26. The van der Waals surface area contributed by atoms with Gasteiger partial charge in [-0.3, -0.25) is 0 Å². The van der Waals surface area contributed by atoms with Crippen molar-refractivity contribution in [2.75, 3.05) is 0 Å². The summed E-state index contributed by atoms with van der Waals surface area (Å²) >= 11 is 0. The molecule has 3 aliphatic carbocycles. The van der Waals surface area contributed by atoms with Crippen molar-refractivity contribution in [3.8, 4) is 0 Å². The Balaban J connectivity index is 1.57. The molecule has 5 nitrogen and oxygen atoms in total. The molecule has 4 rings (SSSR count). The number of aliphatic hydroxyl groups excluding tert-OH is 1. The van der Waals surface area contributed by atoms with Gasteiger partial charge in [0.2, 0.25) is 0 Å². The lowest BCUT2D eigenvalue weighted by molar-refractivity contribution is 0.151. The van der Waals surface area contributed by atoms with Crippen LogP contribution in [0.15, 0.2) is 46.4 Å². The molecular formula is C17H20N2O3S. The molecule has 6 heteroatoms. The maximum absolute atomic E-state index is 12.3. The molecule has 0 amide bonds. The van der Waals surface area contributed by atoms with Crippen LogP contribution in [0, 0.1) is 30.6 Å². The number of hydrogen-bond donors (Lipinski definition) is 2. The number of aryl methyl sites for hydroxylation is 1.